The first-order valence-electron chi connectivity index (χ1n) is 11.4. The van der Waals surface area contributed by atoms with Crippen molar-refractivity contribution < 1.29 is 23.2 Å². The van der Waals surface area contributed by atoms with Crippen LogP contribution in [-0.2, 0) is 23.1 Å². The minimum absolute atomic E-state index is 0.0113. The molecule has 0 fully saturated rings. The van der Waals surface area contributed by atoms with Gasteiger partial charge in [0.1, 0.15) is 12.4 Å². The van der Waals surface area contributed by atoms with Crippen LogP contribution in [0.5, 0.6) is 5.75 Å². The highest BCUT2D eigenvalue weighted by Gasteiger charge is 2.25. The summed E-state index contributed by atoms with van der Waals surface area (Å²) in [5, 5.41) is 10.3. The summed E-state index contributed by atoms with van der Waals surface area (Å²) in [4.78, 5) is 14.6. The molecule has 0 spiro atoms. The second kappa shape index (κ2) is 11.7. The maximum absolute atomic E-state index is 13.3. The molecule has 0 aliphatic rings. The number of benzene rings is 4. The Morgan fingerprint density at radius 2 is 1.57 bits per heavy atom. The van der Waals surface area contributed by atoms with Crippen molar-refractivity contribution in [3.05, 3.63) is 129 Å². The van der Waals surface area contributed by atoms with E-state index in [1.165, 1.54) is 12.1 Å². The van der Waals surface area contributed by atoms with Gasteiger partial charge in [0.15, 0.2) is 0 Å². The summed E-state index contributed by atoms with van der Waals surface area (Å²) in [6.45, 7) is 2.10. The summed E-state index contributed by atoms with van der Waals surface area (Å²) < 4.78 is 33.1. The van der Waals surface area contributed by atoms with Crippen molar-refractivity contribution >= 4 is 31.9 Å². The molecule has 0 saturated heterocycles. The van der Waals surface area contributed by atoms with Crippen LogP contribution < -0.4 is 9.57 Å². The summed E-state index contributed by atoms with van der Waals surface area (Å²) in [7, 11) is -4.33. The number of nitrogens with one attached hydrogen (secondary N) is 1. The van der Waals surface area contributed by atoms with E-state index in [0.717, 1.165) is 16.7 Å². The average Bonchev–Trinajstić information content (AvgIpc) is 2.87. The number of hydroxylamine groups is 1. The van der Waals surface area contributed by atoms with Gasteiger partial charge in [-0.05, 0) is 72.0 Å². The number of nitrogens with zero attached hydrogens (tertiary/aromatic N) is 1. The Morgan fingerprint density at radius 1 is 0.919 bits per heavy atom. The molecule has 4 aromatic rings. The van der Waals surface area contributed by atoms with Gasteiger partial charge in [0.25, 0.3) is 15.9 Å². The van der Waals surface area contributed by atoms with E-state index in [1.54, 1.807) is 31.2 Å². The van der Waals surface area contributed by atoms with Crippen LogP contribution in [0.15, 0.2) is 106 Å². The van der Waals surface area contributed by atoms with Gasteiger partial charge in [0, 0.05) is 10.0 Å². The Kier molecular flexibility index (Phi) is 8.40. The molecule has 9 heteroatoms. The van der Waals surface area contributed by atoms with Crippen molar-refractivity contribution in [3.63, 3.8) is 0 Å². The van der Waals surface area contributed by atoms with Gasteiger partial charge in [-0.3, -0.25) is 10.0 Å². The maximum Gasteiger partial charge on any atom is 0.293 e. The Labute approximate surface area is 224 Å². The van der Waals surface area contributed by atoms with Gasteiger partial charge in [0.2, 0.25) is 0 Å². The van der Waals surface area contributed by atoms with Crippen molar-refractivity contribution in [2.24, 2.45) is 0 Å². The summed E-state index contributed by atoms with van der Waals surface area (Å²) >= 11 is 3.30. The van der Waals surface area contributed by atoms with Crippen LogP contribution >= 0.6 is 15.9 Å². The predicted molar refractivity (Wildman–Crippen MR) is 144 cm³/mol. The largest absolute Gasteiger partial charge is 0.489 e. The van der Waals surface area contributed by atoms with Gasteiger partial charge in [-0.15, -0.1) is 5.17 Å². The van der Waals surface area contributed by atoms with Crippen LogP contribution in [0, 0.1) is 6.92 Å². The number of hydrazine groups is 1. The fourth-order valence-corrected chi connectivity index (χ4v) is 5.53. The first-order chi connectivity index (χ1) is 17.7. The van der Waals surface area contributed by atoms with E-state index < -0.39 is 15.9 Å². The summed E-state index contributed by atoms with van der Waals surface area (Å²) in [6, 6.07) is 28.5. The van der Waals surface area contributed by atoms with Crippen molar-refractivity contribution in [1.29, 1.82) is 0 Å². The molecule has 0 aliphatic carbocycles. The topological polar surface area (TPSA) is 95.9 Å². The quantitative estimate of drug-likeness (QED) is 0.197. The van der Waals surface area contributed by atoms with E-state index in [-0.39, 0.29) is 15.6 Å². The molecule has 37 heavy (non-hydrogen) atoms. The molecule has 0 heterocycles. The van der Waals surface area contributed by atoms with E-state index in [1.807, 2.05) is 65.5 Å². The molecule has 4 aromatic carbocycles. The minimum atomic E-state index is -4.33. The molecule has 0 aliphatic heterocycles. The number of rotatable bonds is 9. The molecule has 190 valence electrons. The predicted octanol–water partition coefficient (Wildman–Crippen LogP) is 5.65. The molecule has 1 amide bonds. The number of aryl methyl sites for hydroxylation is 1. The lowest BCUT2D eigenvalue weighted by atomic mass is 10.0. The second-order valence-electron chi connectivity index (χ2n) is 8.44. The number of sulfonamides is 1. The third kappa shape index (κ3) is 7.05. The van der Waals surface area contributed by atoms with Crippen LogP contribution in [0.3, 0.4) is 0 Å². The lowest BCUT2D eigenvalue weighted by molar-refractivity contribution is -0.0761. The number of halogens is 1. The average molecular weight is 581 g/mol. The number of ether oxygens (including phenoxy) is 1. The van der Waals surface area contributed by atoms with E-state index in [2.05, 4.69) is 15.9 Å². The van der Waals surface area contributed by atoms with Crippen molar-refractivity contribution in [3.8, 4) is 5.75 Å². The highest BCUT2D eigenvalue weighted by atomic mass is 79.9. The molecule has 0 radical (unpaired) electrons. The highest BCUT2D eigenvalue weighted by Crippen LogP contribution is 2.26. The Hall–Kier alpha value is -3.50. The van der Waals surface area contributed by atoms with Gasteiger partial charge in [-0.2, -0.15) is 0 Å². The van der Waals surface area contributed by atoms with Gasteiger partial charge in [-0.1, -0.05) is 81.4 Å². The molecular formula is C28H25BrN2O5S. The molecule has 0 atom stereocenters. The Balaban J connectivity index is 1.61. The Bertz CT molecular complexity index is 1480. The van der Waals surface area contributed by atoms with Gasteiger partial charge >= 0.3 is 0 Å². The molecule has 7 nitrogen and oxygen atoms in total. The zero-order valence-electron chi connectivity index (χ0n) is 20.0. The summed E-state index contributed by atoms with van der Waals surface area (Å²) in [6.07, 6.45) is 0.295. The fraction of sp³-hybridized carbons (Fsp3) is 0.107. The van der Waals surface area contributed by atoms with Gasteiger partial charge in [-0.25, -0.2) is 8.42 Å². The lowest BCUT2D eigenvalue weighted by Gasteiger charge is -2.19. The van der Waals surface area contributed by atoms with E-state index in [4.69, 9.17) is 4.74 Å². The SMILES string of the molecule is Cc1cc(Br)cc(C(=O)N(O)NS(=O)(=O)c2ccc(OCc3ccccc3)cc2Cc2ccccc2)c1. The standard InChI is InChI=1S/C28H25BrN2O5S/c1-20-14-24(17-25(29)15-20)28(32)31(33)30-37(34,35)27-13-12-26(36-19-22-10-6-3-7-11-22)18-23(27)16-21-8-4-2-5-9-21/h2-15,17-18,30,33H,16,19H2,1H3. The van der Waals surface area contributed by atoms with Crippen LogP contribution in [0.4, 0.5) is 0 Å². The third-order valence-electron chi connectivity index (χ3n) is 5.50. The smallest absolute Gasteiger partial charge is 0.293 e. The van der Waals surface area contributed by atoms with E-state index in [9.17, 15) is 18.4 Å². The van der Waals surface area contributed by atoms with Crippen molar-refractivity contribution in [1.82, 2.24) is 10.0 Å². The molecular weight excluding hydrogens is 556 g/mol. The monoisotopic (exact) mass is 580 g/mol. The minimum Gasteiger partial charge on any atom is -0.489 e. The second-order valence-corrected chi connectivity index (χ2v) is 11.0. The molecule has 0 aromatic heterocycles. The van der Waals surface area contributed by atoms with E-state index in [0.29, 0.717) is 28.8 Å². The number of hydrogen-bond acceptors (Lipinski definition) is 5. The fourth-order valence-electron chi connectivity index (χ4n) is 3.79. The first kappa shape index (κ1) is 26.6. The first-order valence-corrected chi connectivity index (χ1v) is 13.7. The highest BCUT2D eigenvalue weighted by molar-refractivity contribution is 9.10. The van der Waals surface area contributed by atoms with Crippen LogP contribution in [0.1, 0.15) is 32.6 Å². The number of hydrogen-bond donors (Lipinski definition) is 2. The van der Waals surface area contributed by atoms with Crippen LogP contribution in [-0.4, -0.2) is 24.7 Å². The number of carbonyl (C=O) groups excluding carboxylic acids is 1. The molecule has 4 rings (SSSR count). The van der Waals surface area contributed by atoms with Gasteiger partial charge < -0.3 is 4.74 Å². The van der Waals surface area contributed by atoms with Crippen molar-refractivity contribution in [2.75, 3.05) is 0 Å². The molecule has 0 bridgehead atoms. The summed E-state index contributed by atoms with van der Waals surface area (Å²) in [5.74, 6) is -0.421. The van der Waals surface area contributed by atoms with Crippen LogP contribution in [0.25, 0.3) is 0 Å². The molecule has 2 N–H and O–H groups in total. The van der Waals surface area contributed by atoms with E-state index >= 15 is 0 Å². The normalized spacial score (nSPS) is 11.2. The van der Waals surface area contributed by atoms with Gasteiger partial charge in [0.05, 0.1) is 4.90 Å². The number of amides is 1. The lowest BCUT2D eigenvalue weighted by Crippen LogP contribution is -2.44. The third-order valence-corrected chi connectivity index (χ3v) is 7.34. The zero-order valence-corrected chi connectivity index (χ0v) is 22.4. The zero-order chi connectivity index (χ0) is 26.4. The molecule has 0 unspecified atom stereocenters. The summed E-state index contributed by atoms with van der Waals surface area (Å²) in [5.41, 5.74) is 3.20. The Morgan fingerprint density at radius 3 is 2.22 bits per heavy atom. The number of carbonyl (C=O) groups is 1. The maximum atomic E-state index is 13.3. The van der Waals surface area contributed by atoms with Crippen molar-refractivity contribution in [2.45, 2.75) is 24.8 Å². The van der Waals surface area contributed by atoms with Crippen LogP contribution in [0.2, 0.25) is 0 Å². The molecule has 0 saturated carbocycles.